The number of rotatable bonds is 6. The van der Waals surface area contributed by atoms with E-state index < -0.39 is 0 Å². The van der Waals surface area contributed by atoms with E-state index in [-0.39, 0.29) is 23.7 Å². The molecule has 0 aliphatic carbocycles. The molecule has 0 N–H and O–H groups in total. The lowest BCUT2D eigenvalue weighted by Gasteiger charge is -2.58. The molecule has 0 unspecified atom stereocenters. The fraction of sp³-hybridized carbons (Fsp3) is 0.650. The van der Waals surface area contributed by atoms with Crippen molar-refractivity contribution >= 4 is 5.91 Å². The first-order valence-corrected chi connectivity index (χ1v) is 9.36. The van der Waals surface area contributed by atoms with Gasteiger partial charge in [-0.25, -0.2) is 4.39 Å². The van der Waals surface area contributed by atoms with E-state index in [1.807, 2.05) is 11.8 Å². The summed E-state index contributed by atoms with van der Waals surface area (Å²) in [4.78, 5) is 17.0. The molecule has 0 radical (unpaired) electrons. The first-order chi connectivity index (χ1) is 12.5. The molecule has 2 fully saturated rings. The number of amides is 1. The molecule has 1 aromatic rings. The fourth-order valence-corrected chi connectivity index (χ4v) is 4.19. The number of likely N-dealkylation sites (tertiary alicyclic amines) is 2. The van der Waals surface area contributed by atoms with Gasteiger partial charge in [0.1, 0.15) is 11.6 Å². The lowest BCUT2D eigenvalue weighted by atomic mass is 9.75. The number of nitrogens with zero attached hydrogens (tertiary/aromatic N) is 2. The number of ether oxygens (including phenoxy) is 2. The van der Waals surface area contributed by atoms with Gasteiger partial charge < -0.3 is 14.4 Å². The maximum Gasteiger partial charge on any atom is 0.227 e. The molecule has 5 nitrogen and oxygen atoms in total. The molecule has 3 rings (SSSR count). The first kappa shape index (κ1) is 19.1. The minimum absolute atomic E-state index is 0.0702. The van der Waals surface area contributed by atoms with Gasteiger partial charge in [0.15, 0.2) is 0 Å². The van der Waals surface area contributed by atoms with Crippen molar-refractivity contribution in [3.63, 3.8) is 0 Å². The normalized spacial score (nSPS) is 22.3. The number of piperidine rings is 1. The predicted octanol–water partition coefficient (Wildman–Crippen LogP) is 2.34. The van der Waals surface area contributed by atoms with Gasteiger partial charge in [0, 0.05) is 37.9 Å². The molecule has 6 heteroatoms. The summed E-state index contributed by atoms with van der Waals surface area (Å²) in [5.41, 5.74) is 0.814. The predicted molar refractivity (Wildman–Crippen MR) is 97.8 cm³/mol. The Morgan fingerprint density at radius 2 is 2.15 bits per heavy atom. The SMILES string of the molecule is CCOC[C@@H]1CCN(C)C2(C1)CN(C(=O)Cc1ccc(F)cc1OC)C2. The highest BCUT2D eigenvalue weighted by molar-refractivity contribution is 5.80. The minimum atomic E-state index is -0.356. The van der Waals surface area contributed by atoms with E-state index in [1.165, 1.54) is 19.2 Å². The number of hydrogen-bond acceptors (Lipinski definition) is 4. The van der Waals surface area contributed by atoms with Crippen LogP contribution in [-0.4, -0.2) is 68.3 Å². The summed E-state index contributed by atoms with van der Waals surface area (Å²) in [6, 6.07) is 4.33. The number of carbonyl (C=O) groups is 1. The van der Waals surface area contributed by atoms with E-state index in [2.05, 4.69) is 11.9 Å². The van der Waals surface area contributed by atoms with Gasteiger partial charge in [-0.05, 0) is 45.3 Å². The molecule has 2 aliphatic rings. The Labute approximate surface area is 155 Å². The Bertz CT molecular complexity index is 644. The Balaban J connectivity index is 1.59. The molecular weight excluding hydrogens is 335 g/mol. The molecule has 2 heterocycles. The van der Waals surface area contributed by atoms with Crippen LogP contribution in [0.2, 0.25) is 0 Å². The number of likely N-dealkylation sites (N-methyl/N-ethyl adjacent to an activating group) is 1. The summed E-state index contributed by atoms with van der Waals surface area (Å²) in [6.07, 6.45) is 2.47. The van der Waals surface area contributed by atoms with Gasteiger partial charge in [0.25, 0.3) is 0 Å². The summed E-state index contributed by atoms with van der Waals surface area (Å²) in [6.45, 7) is 6.16. The van der Waals surface area contributed by atoms with Crippen molar-refractivity contribution < 1.29 is 18.7 Å². The summed E-state index contributed by atoms with van der Waals surface area (Å²) in [5.74, 6) is 0.715. The number of hydrogen-bond donors (Lipinski definition) is 0. The fourth-order valence-electron chi connectivity index (χ4n) is 4.19. The Morgan fingerprint density at radius 3 is 2.85 bits per heavy atom. The van der Waals surface area contributed by atoms with Gasteiger partial charge in [-0.3, -0.25) is 9.69 Å². The molecule has 144 valence electrons. The van der Waals surface area contributed by atoms with Crippen LogP contribution in [0.25, 0.3) is 0 Å². The zero-order valence-electron chi connectivity index (χ0n) is 16.0. The van der Waals surface area contributed by atoms with Gasteiger partial charge in [-0.15, -0.1) is 0 Å². The van der Waals surface area contributed by atoms with Crippen LogP contribution in [-0.2, 0) is 16.0 Å². The second-order valence-electron chi connectivity index (χ2n) is 7.55. The van der Waals surface area contributed by atoms with Gasteiger partial charge in [0.2, 0.25) is 5.91 Å². The second kappa shape index (κ2) is 7.92. The Morgan fingerprint density at radius 1 is 1.38 bits per heavy atom. The molecule has 0 saturated carbocycles. The lowest BCUT2D eigenvalue weighted by molar-refractivity contribution is -0.150. The molecule has 1 atom stereocenters. The molecule has 1 spiro atoms. The maximum absolute atomic E-state index is 13.3. The average molecular weight is 364 g/mol. The van der Waals surface area contributed by atoms with Crippen molar-refractivity contribution in [1.82, 2.24) is 9.80 Å². The van der Waals surface area contributed by atoms with E-state index in [9.17, 15) is 9.18 Å². The third-order valence-electron chi connectivity index (χ3n) is 5.82. The maximum atomic E-state index is 13.3. The number of carbonyl (C=O) groups excluding carboxylic acids is 1. The zero-order chi connectivity index (χ0) is 18.7. The third-order valence-corrected chi connectivity index (χ3v) is 5.82. The molecule has 2 aliphatic heterocycles. The second-order valence-corrected chi connectivity index (χ2v) is 7.55. The summed E-state index contributed by atoms with van der Waals surface area (Å²) in [5, 5.41) is 0. The van der Waals surface area contributed by atoms with Crippen molar-refractivity contribution in [3.8, 4) is 5.75 Å². The van der Waals surface area contributed by atoms with Crippen LogP contribution >= 0.6 is 0 Å². The molecular formula is C20H29FN2O3. The van der Waals surface area contributed by atoms with E-state index >= 15 is 0 Å². The minimum Gasteiger partial charge on any atom is -0.496 e. The lowest BCUT2D eigenvalue weighted by Crippen LogP contribution is -2.72. The van der Waals surface area contributed by atoms with Crippen molar-refractivity contribution in [2.45, 2.75) is 31.7 Å². The summed E-state index contributed by atoms with van der Waals surface area (Å²) in [7, 11) is 3.65. The highest BCUT2D eigenvalue weighted by Crippen LogP contribution is 2.38. The van der Waals surface area contributed by atoms with Crippen LogP contribution in [0.4, 0.5) is 4.39 Å². The highest BCUT2D eigenvalue weighted by Gasteiger charge is 2.50. The summed E-state index contributed by atoms with van der Waals surface area (Å²) >= 11 is 0. The van der Waals surface area contributed by atoms with E-state index in [4.69, 9.17) is 9.47 Å². The standard InChI is InChI=1S/C20H29FN2O3/c1-4-26-12-15-7-8-22(2)20(11-15)13-23(14-20)19(24)9-16-5-6-17(21)10-18(16)25-3/h5-6,10,15H,4,7-9,11-14H2,1-3H3/t15-/m1/s1. The number of halogens is 1. The van der Waals surface area contributed by atoms with Gasteiger partial charge in [-0.1, -0.05) is 6.07 Å². The van der Waals surface area contributed by atoms with E-state index in [0.717, 1.165) is 51.3 Å². The molecule has 0 bridgehead atoms. The van der Waals surface area contributed by atoms with E-state index in [1.54, 1.807) is 6.07 Å². The van der Waals surface area contributed by atoms with Gasteiger partial charge in [-0.2, -0.15) is 0 Å². The van der Waals surface area contributed by atoms with Crippen LogP contribution < -0.4 is 4.74 Å². The first-order valence-electron chi connectivity index (χ1n) is 9.36. The van der Waals surface area contributed by atoms with Gasteiger partial charge >= 0.3 is 0 Å². The average Bonchev–Trinajstić information content (AvgIpc) is 2.60. The molecule has 2 saturated heterocycles. The monoisotopic (exact) mass is 364 g/mol. The molecule has 1 amide bonds. The Hall–Kier alpha value is -1.66. The quantitative estimate of drug-likeness (QED) is 0.777. The smallest absolute Gasteiger partial charge is 0.227 e. The highest BCUT2D eigenvalue weighted by atomic mass is 19.1. The van der Waals surface area contributed by atoms with Crippen LogP contribution in [0.1, 0.15) is 25.3 Å². The van der Waals surface area contributed by atoms with Gasteiger partial charge in [0.05, 0.1) is 19.1 Å². The third kappa shape index (κ3) is 3.86. The van der Waals surface area contributed by atoms with Crippen LogP contribution in [0.3, 0.4) is 0 Å². The van der Waals surface area contributed by atoms with Crippen LogP contribution in [0, 0.1) is 11.7 Å². The topological polar surface area (TPSA) is 42.0 Å². The Kier molecular flexibility index (Phi) is 5.82. The van der Waals surface area contributed by atoms with Crippen molar-refractivity contribution in [1.29, 1.82) is 0 Å². The van der Waals surface area contributed by atoms with Crippen LogP contribution in [0.15, 0.2) is 18.2 Å². The van der Waals surface area contributed by atoms with Crippen molar-refractivity contribution in [2.75, 3.05) is 47.0 Å². The van der Waals surface area contributed by atoms with Crippen molar-refractivity contribution in [2.24, 2.45) is 5.92 Å². The number of benzene rings is 1. The van der Waals surface area contributed by atoms with E-state index in [0.29, 0.717) is 11.7 Å². The number of methoxy groups -OCH3 is 1. The van der Waals surface area contributed by atoms with Crippen molar-refractivity contribution in [3.05, 3.63) is 29.6 Å². The van der Waals surface area contributed by atoms with Crippen LogP contribution in [0.5, 0.6) is 5.75 Å². The zero-order valence-corrected chi connectivity index (χ0v) is 16.0. The molecule has 26 heavy (non-hydrogen) atoms. The molecule has 1 aromatic carbocycles. The molecule has 0 aromatic heterocycles. The largest absolute Gasteiger partial charge is 0.496 e. The summed E-state index contributed by atoms with van der Waals surface area (Å²) < 4.78 is 24.1.